The molecule has 0 aromatic heterocycles. The topological polar surface area (TPSA) is 32.7 Å². The highest BCUT2D eigenvalue weighted by molar-refractivity contribution is 4.89. The molecule has 1 N–H and O–H groups in total. The van der Waals surface area contributed by atoms with Crippen LogP contribution in [0.15, 0.2) is 0 Å². The van der Waals surface area contributed by atoms with Crippen LogP contribution >= 0.6 is 0 Å². The van der Waals surface area contributed by atoms with E-state index in [0.29, 0.717) is 0 Å². The number of nitrogens with zero attached hydrogens (tertiary/aromatic N) is 1. The standard InChI is InChI=1S/C14H31NO2/c1-8-15(9-2)14(5,6)12(16)10-11-13(3,4)17-7/h12,16H,8-11H2,1-7H3. The molecular formula is C14H31NO2. The predicted molar refractivity (Wildman–Crippen MR) is 73.3 cm³/mol. The highest BCUT2D eigenvalue weighted by Gasteiger charge is 2.33. The first-order chi connectivity index (χ1) is 7.71. The van der Waals surface area contributed by atoms with E-state index < -0.39 is 0 Å². The molecular weight excluding hydrogens is 214 g/mol. The molecule has 0 bridgehead atoms. The van der Waals surface area contributed by atoms with Crippen molar-refractivity contribution < 1.29 is 9.84 Å². The maximum absolute atomic E-state index is 10.4. The van der Waals surface area contributed by atoms with Gasteiger partial charge in [0.2, 0.25) is 0 Å². The number of hydrogen-bond acceptors (Lipinski definition) is 3. The van der Waals surface area contributed by atoms with Crippen LogP contribution in [0.25, 0.3) is 0 Å². The van der Waals surface area contributed by atoms with E-state index in [4.69, 9.17) is 4.74 Å². The molecule has 0 aliphatic carbocycles. The Bertz CT molecular complexity index is 210. The number of ether oxygens (including phenoxy) is 1. The molecule has 0 aliphatic rings. The Balaban J connectivity index is 4.43. The van der Waals surface area contributed by atoms with Gasteiger partial charge in [-0.3, -0.25) is 4.90 Å². The van der Waals surface area contributed by atoms with Gasteiger partial charge in [-0.1, -0.05) is 13.8 Å². The van der Waals surface area contributed by atoms with E-state index in [0.717, 1.165) is 25.9 Å². The summed E-state index contributed by atoms with van der Waals surface area (Å²) in [5.41, 5.74) is -0.326. The molecule has 0 heterocycles. The second-order valence-corrected chi connectivity index (χ2v) is 5.84. The van der Waals surface area contributed by atoms with Gasteiger partial charge in [-0.2, -0.15) is 0 Å². The first-order valence-electron chi connectivity index (χ1n) is 6.69. The van der Waals surface area contributed by atoms with Crippen LogP contribution < -0.4 is 0 Å². The minimum absolute atomic E-state index is 0.152. The van der Waals surface area contributed by atoms with E-state index in [-0.39, 0.29) is 17.2 Å². The third-order valence-electron chi connectivity index (χ3n) is 3.97. The normalized spacial score (nSPS) is 15.4. The Hall–Kier alpha value is -0.120. The van der Waals surface area contributed by atoms with E-state index in [9.17, 15) is 5.11 Å². The lowest BCUT2D eigenvalue weighted by Gasteiger charge is -2.41. The zero-order valence-electron chi connectivity index (χ0n) is 12.7. The molecule has 0 radical (unpaired) electrons. The van der Waals surface area contributed by atoms with E-state index in [2.05, 4.69) is 46.4 Å². The lowest BCUT2D eigenvalue weighted by atomic mass is 9.88. The third-order valence-corrected chi connectivity index (χ3v) is 3.97. The number of rotatable bonds is 8. The zero-order valence-corrected chi connectivity index (χ0v) is 12.7. The van der Waals surface area contributed by atoms with Gasteiger partial charge in [0, 0.05) is 12.6 Å². The Morgan fingerprint density at radius 2 is 1.59 bits per heavy atom. The minimum Gasteiger partial charge on any atom is -0.391 e. The molecule has 0 aromatic carbocycles. The van der Waals surface area contributed by atoms with Crippen molar-refractivity contribution in [2.75, 3.05) is 20.2 Å². The summed E-state index contributed by atoms with van der Waals surface area (Å²) in [6, 6.07) is 0. The molecule has 0 amide bonds. The van der Waals surface area contributed by atoms with E-state index >= 15 is 0 Å². The van der Waals surface area contributed by atoms with Crippen LogP contribution in [0.5, 0.6) is 0 Å². The van der Waals surface area contributed by atoms with Gasteiger partial charge in [-0.15, -0.1) is 0 Å². The molecule has 1 unspecified atom stereocenters. The second-order valence-electron chi connectivity index (χ2n) is 5.84. The molecule has 1 atom stereocenters. The monoisotopic (exact) mass is 245 g/mol. The average molecular weight is 245 g/mol. The van der Waals surface area contributed by atoms with Gasteiger partial charge in [0.1, 0.15) is 0 Å². The Morgan fingerprint density at radius 1 is 1.12 bits per heavy atom. The lowest BCUT2D eigenvalue weighted by molar-refractivity contribution is -0.0364. The van der Waals surface area contributed by atoms with Crippen molar-refractivity contribution in [2.45, 2.75) is 71.6 Å². The van der Waals surface area contributed by atoms with Crippen LogP contribution in [-0.2, 0) is 4.74 Å². The quantitative estimate of drug-likeness (QED) is 0.713. The number of aliphatic hydroxyl groups excluding tert-OH is 1. The molecule has 3 heteroatoms. The molecule has 0 saturated heterocycles. The molecule has 17 heavy (non-hydrogen) atoms. The number of hydrogen-bond donors (Lipinski definition) is 1. The van der Waals surface area contributed by atoms with Crippen LogP contribution in [0.1, 0.15) is 54.4 Å². The van der Waals surface area contributed by atoms with Gasteiger partial charge in [-0.05, 0) is 53.6 Å². The maximum Gasteiger partial charge on any atom is 0.0719 e. The van der Waals surface area contributed by atoms with Crippen LogP contribution in [0.4, 0.5) is 0 Å². The van der Waals surface area contributed by atoms with Crippen molar-refractivity contribution in [1.82, 2.24) is 4.90 Å². The van der Waals surface area contributed by atoms with Crippen molar-refractivity contribution in [2.24, 2.45) is 0 Å². The highest BCUT2D eigenvalue weighted by Crippen LogP contribution is 2.25. The van der Waals surface area contributed by atoms with Crippen molar-refractivity contribution in [3.05, 3.63) is 0 Å². The van der Waals surface area contributed by atoms with Crippen LogP contribution in [0.2, 0.25) is 0 Å². The molecule has 0 aromatic rings. The summed E-state index contributed by atoms with van der Waals surface area (Å²) in [6.45, 7) is 14.6. The van der Waals surface area contributed by atoms with Crippen molar-refractivity contribution in [1.29, 1.82) is 0 Å². The Kier molecular flexibility index (Phi) is 6.67. The largest absolute Gasteiger partial charge is 0.391 e. The summed E-state index contributed by atoms with van der Waals surface area (Å²) in [5, 5.41) is 10.4. The summed E-state index contributed by atoms with van der Waals surface area (Å²) in [4.78, 5) is 2.30. The molecule has 3 nitrogen and oxygen atoms in total. The second kappa shape index (κ2) is 6.72. The molecule has 0 fully saturated rings. The lowest BCUT2D eigenvalue weighted by Crippen LogP contribution is -2.52. The smallest absolute Gasteiger partial charge is 0.0719 e. The Morgan fingerprint density at radius 3 is 1.94 bits per heavy atom. The maximum atomic E-state index is 10.4. The molecule has 0 saturated carbocycles. The SMILES string of the molecule is CCN(CC)C(C)(C)C(O)CCC(C)(C)OC. The fourth-order valence-corrected chi connectivity index (χ4v) is 2.19. The van der Waals surface area contributed by atoms with Crippen molar-refractivity contribution >= 4 is 0 Å². The van der Waals surface area contributed by atoms with Crippen molar-refractivity contribution in [3.63, 3.8) is 0 Å². The zero-order chi connectivity index (χ0) is 13.7. The summed E-state index contributed by atoms with van der Waals surface area (Å²) in [5.74, 6) is 0. The Labute approximate surface area is 107 Å². The van der Waals surface area contributed by atoms with Gasteiger partial charge >= 0.3 is 0 Å². The fourth-order valence-electron chi connectivity index (χ4n) is 2.19. The number of aliphatic hydroxyl groups is 1. The van der Waals surface area contributed by atoms with Gasteiger partial charge in [0.25, 0.3) is 0 Å². The van der Waals surface area contributed by atoms with E-state index in [1.54, 1.807) is 7.11 Å². The molecule has 0 rings (SSSR count). The first-order valence-corrected chi connectivity index (χ1v) is 6.69. The van der Waals surface area contributed by atoms with E-state index in [1.165, 1.54) is 0 Å². The summed E-state index contributed by atoms with van der Waals surface area (Å²) < 4.78 is 5.39. The van der Waals surface area contributed by atoms with Gasteiger partial charge in [0.05, 0.1) is 11.7 Å². The average Bonchev–Trinajstić information content (AvgIpc) is 2.27. The number of likely N-dealkylation sites (N-methyl/N-ethyl adjacent to an activating group) is 1. The van der Waals surface area contributed by atoms with Crippen LogP contribution in [0.3, 0.4) is 0 Å². The molecule has 0 aliphatic heterocycles. The third kappa shape index (κ3) is 4.94. The minimum atomic E-state index is -0.322. The summed E-state index contributed by atoms with van der Waals surface area (Å²) >= 11 is 0. The van der Waals surface area contributed by atoms with E-state index in [1.807, 2.05) is 0 Å². The number of methoxy groups -OCH3 is 1. The fraction of sp³-hybridized carbons (Fsp3) is 1.00. The van der Waals surface area contributed by atoms with Crippen LogP contribution in [0, 0.1) is 0 Å². The van der Waals surface area contributed by atoms with Gasteiger partial charge in [-0.25, -0.2) is 0 Å². The summed E-state index contributed by atoms with van der Waals surface area (Å²) in [6.07, 6.45) is 1.32. The van der Waals surface area contributed by atoms with Crippen molar-refractivity contribution in [3.8, 4) is 0 Å². The molecule has 104 valence electrons. The summed E-state index contributed by atoms with van der Waals surface area (Å²) in [7, 11) is 1.72. The van der Waals surface area contributed by atoms with Crippen LogP contribution in [-0.4, -0.2) is 47.4 Å². The first kappa shape index (κ1) is 16.9. The predicted octanol–water partition coefficient (Wildman–Crippen LogP) is 2.67. The van der Waals surface area contributed by atoms with Gasteiger partial charge in [0.15, 0.2) is 0 Å². The van der Waals surface area contributed by atoms with Gasteiger partial charge < -0.3 is 9.84 Å². The highest BCUT2D eigenvalue weighted by atomic mass is 16.5. The molecule has 0 spiro atoms.